The molecular weight excluding hydrogens is 328 g/mol. The van der Waals surface area contributed by atoms with E-state index in [1.807, 2.05) is 23.5 Å². The third kappa shape index (κ3) is 5.98. The molecule has 3 nitrogen and oxygen atoms in total. The van der Waals surface area contributed by atoms with E-state index in [4.69, 9.17) is 9.78 Å². The molecule has 0 aliphatic heterocycles. The van der Waals surface area contributed by atoms with Crippen LogP contribution in [-0.2, 0) is 9.78 Å². The summed E-state index contributed by atoms with van der Waals surface area (Å²) in [5.41, 5.74) is 4.52. The van der Waals surface area contributed by atoms with E-state index in [1.165, 1.54) is 5.19 Å². The van der Waals surface area contributed by atoms with Gasteiger partial charge < -0.3 is 0 Å². The molecular formula is C21H31O3Si. The van der Waals surface area contributed by atoms with Crippen LogP contribution in [0.3, 0.4) is 0 Å². The molecule has 0 spiro atoms. The Morgan fingerprint density at radius 2 is 1.80 bits per heavy atom. The lowest BCUT2D eigenvalue weighted by Gasteiger charge is -2.23. The Labute approximate surface area is 153 Å². The third-order valence-electron chi connectivity index (χ3n) is 4.80. The molecule has 0 bridgehead atoms. The van der Waals surface area contributed by atoms with Crippen LogP contribution in [0.4, 0.5) is 0 Å². The van der Waals surface area contributed by atoms with Crippen LogP contribution in [0.5, 0.6) is 0 Å². The normalized spacial score (nSPS) is 12.4. The molecule has 1 rings (SSSR count). The van der Waals surface area contributed by atoms with Crippen LogP contribution in [0, 0.1) is 12.5 Å². The molecule has 0 saturated heterocycles. The van der Waals surface area contributed by atoms with E-state index < -0.39 is 14.0 Å². The number of rotatable bonds is 12. The topological polar surface area (TPSA) is 35.5 Å². The predicted molar refractivity (Wildman–Crippen MR) is 107 cm³/mol. The molecule has 0 heterocycles. The summed E-state index contributed by atoms with van der Waals surface area (Å²) >= 11 is 0. The molecule has 0 saturated carbocycles. The van der Waals surface area contributed by atoms with Crippen molar-refractivity contribution >= 4 is 19.2 Å². The summed E-state index contributed by atoms with van der Waals surface area (Å²) in [6.45, 7) is 16.0. The van der Waals surface area contributed by atoms with Gasteiger partial charge in [-0.2, -0.15) is 4.89 Å². The van der Waals surface area contributed by atoms with Gasteiger partial charge in [-0.1, -0.05) is 68.8 Å². The van der Waals surface area contributed by atoms with Gasteiger partial charge in [-0.25, -0.2) is 4.79 Å². The van der Waals surface area contributed by atoms with Crippen molar-refractivity contribution in [1.29, 1.82) is 0 Å². The summed E-state index contributed by atoms with van der Waals surface area (Å²) in [6.07, 6.45) is 4.31. The van der Waals surface area contributed by atoms with Crippen molar-refractivity contribution in [2.24, 2.45) is 5.92 Å². The summed E-state index contributed by atoms with van der Waals surface area (Å²) in [4.78, 5) is 22.1. The Balaban J connectivity index is 2.62. The molecule has 1 unspecified atom stereocenters. The van der Waals surface area contributed by atoms with Crippen LogP contribution >= 0.6 is 0 Å². The number of hydrogen-bond donors (Lipinski definition) is 0. The smallest absolute Gasteiger partial charge is 0.292 e. The highest BCUT2D eigenvalue weighted by atomic mass is 28.3. The molecule has 0 fully saturated rings. The minimum Gasteiger partial charge on any atom is -0.292 e. The Hall–Kier alpha value is -1.65. The number of carbonyl (C=O) groups excluding carboxylic acids is 1. The van der Waals surface area contributed by atoms with E-state index in [1.54, 1.807) is 18.7 Å². The number of carbonyl (C=O) groups is 1. The van der Waals surface area contributed by atoms with Crippen LogP contribution in [0.2, 0.25) is 6.04 Å². The highest BCUT2D eigenvalue weighted by Crippen LogP contribution is 2.17. The molecule has 4 heteroatoms. The fourth-order valence-electron chi connectivity index (χ4n) is 2.76. The van der Waals surface area contributed by atoms with Gasteiger partial charge in [0.25, 0.3) is 0 Å². The molecule has 1 atom stereocenters. The van der Waals surface area contributed by atoms with Crippen molar-refractivity contribution in [2.75, 3.05) is 0 Å². The summed E-state index contributed by atoms with van der Waals surface area (Å²) < 4.78 is 0. The van der Waals surface area contributed by atoms with Crippen molar-refractivity contribution in [3.8, 4) is 0 Å². The molecule has 1 radical (unpaired) electrons. The van der Waals surface area contributed by atoms with Crippen molar-refractivity contribution in [2.45, 2.75) is 52.5 Å². The van der Waals surface area contributed by atoms with Gasteiger partial charge in [0.05, 0.1) is 5.56 Å². The molecule has 0 amide bonds. The zero-order valence-electron chi connectivity index (χ0n) is 15.8. The van der Waals surface area contributed by atoms with E-state index in [0.29, 0.717) is 11.5 Å². The second-order valence-corrected chi connectivity index (χ2v) is 10.5. The van der Waals surface area contributed by atoms with Gasteiger partial charge in [0.15, 0.2) is 0 Å². The first-order valence-electron chi connectivity index (χ1n) is 9.15. The second kappa shape index (κ2) is 11.1. The van der Waals surface area contributed by atoms with Gasteiger partial charge in [-0.05, 0) is 30.5 Å². The van der Waals surface area contributed by atoms with Crippen LogP contribution in [-0.4, -0.2) is 14.0 Å². The standard InChI is InChI=1S/C21H31O3Si/c1-6-11-12-18(7-2)17-23-24-21(22)19-13-15-20(16-14-19)25(8-3,9-4)10-5/h8-9,13-18H,3-4,6-7,10-12H2,1-2,5H3. The van der Waals surface area contributed by atoms with E-state index in [-0.39, 0.29) is 0 Å². The maximum Gasteiger partial charge on any atom is 0.373 e. The van der Waals surface area contributed by atoms with E-state index in [9.17, 15) is 4.79 Å². The first-order chi connectivity index (χ1) is 12.1. The van der Waals surface area contributed by atoms with E-state index in [0.717, 1.165) is 31.7 Å². The highest BCUT2D eigenvalue weighted by molar-refractivity contribution is 6.99. The zero-order valence-corrected chi connectivity index (χ0v) is 16.8. The average molecular weight is 360 g/mol. The molecule has 1 aromatic rings. The Kier molecular flexibility index (Phi) is 9.46. The maximum absolute atomic E-state index is 12.1. The van der Waals surface area contributed by atoms with Gasteiger partial charge in [-0.3, -0.25) is 4.89 Å². The lowest BCUT2D eigenvalue weighted by atomic mass is 10.0. The van der Waals surface area contributed by atoms with E-state index in [2.05, 4.69) is 33.9 Å². The molecule has 137 valence electrons. The average Bonchev–Trinajstić information content (AvgIpc) is 2.66. The van der Waals surface area contributed by atoms with Crippen LogP contribution in [0.25, 0.3) is 0 Å². The Morgan fingerprint density at radius 1 is 1.16 bits per heavy atom. The zero-order chi connectivity index (χ0) is 18.7. The quantitative estimate of drug-likeness (QED) is 0.289. The first-order valence-corrected chi connectivity index (χ1v) is 11.5. The fraction of sp³-hybridized carbons (Fsp3) is 0.429. The Bertz CT molecular complexity index is 543. The minimum atomic E-state index is -1.87. The molecule has 1 aromatic carbocycles. The fourth-order valence-corrected chi connectivity index (χ4v) is 5.17. The monoisotopic (exact) mass is 359 g/mol. The van der Waals surface area contributed by atoms with Gasteiger partial charge in [-0.15, -0.1) is 13.2 Å². The highest BCUT2D eigenvalue weighted by Gasteiger charge is 2.26. The van der Waals surface area contributed by atoms with Crippen LogP contribution < -0.4 is 5.19 Å². The molecule has 0 aromatic heterocycles. The van der Waals surface area contributed by atoms with Gasteiger partial charge in [0.2, 0.25) is 0 Å². The second-order valence-electron chi connectivity index (χ2n) is 6.29. The lowest BCUT2D eigenvalue weighted by Crippen LogP contribution is -2.43. The van der Waals surface area contributed by atoms with Gasteiger partial charge in [0.1, 0.15) is 14.7 Å². The van der Waals surface area contributed by atoms with Gasteiger partial charge >= 0.3 is 5.97 Å². The summed E-state index contributed by atoms with van der Waals surface area (Å²) in [5.74, 6) is -0.166. The van der Waals surface area contributed by atoms with Crippen molar-refractivity contribution in [3.05, 3.63) is 61.0 Å². The summed E-state index contributed by atoms with van der Waals surface area (Å²) in [5, 5.41) is 1.19. The third-order valence-corrected chi connectivity index (χ3v) is 8.83. The minimum absolute atomic E-state index is 0.312. The molecule has 25 heavy (non-hydrogen) atoms. The van der Waals surface area contributed by atoms with Crippen LogP contribution in [0.1, 0.15) is 56.8 Å². The summed E-state index contributed by atoms with van der Waals surface area (Å²) in [7, 11) is -1.87. The summed E-state index contributed by atoms with van der Waals surface area (Å²) in [6, 6.07) is 8.49. The van der Waals surface area contributed by atoms with Crippen LogP contribution in [0.15, 0.2) is 48.8 Å². The van der Waals surface area contributed by atoms with Crippen molar-refractivity contribution in [1.82, 2.24) is 0 Å². The lowest BCUT2D eigenvalue weighted by molar-refractivity contribution is -0.219. The van der Waals surface area contributed by atoms with Crippen molar-refractivity contribution < 1.29 is 14.6 Å². The molecule has 0 aliphatic carbocycles. The number of benzene rings is 1. The Morgan fingerprint density at radius 3 is 2.28 bits per heavy atom. The predicted octanol–water partition coefficient (Wildman–Crippen LogP) is 5.28. The van der Waals surface area contributed by atoms with E-state index >= 15 is 0 Å². The number of hydrogen-bond acceptors (Lipinski definition) is 3. The van der Waals surface area contributed by atoms with Gasteiger partial charge in [0, 0.05) is 0 Å². The maximum atomic E-state index is 12.1. The first kappa shape index (κ1) is 21.4. The largest absolute Gasteiger partial charge is 0.373 e. The SMILES string of the molecule is C=C[Si](C=C)(CC)c1ccc(C(=O)OO[CH]C(CC)CCCC)cc1. The number of unbranched alkanes of at least 4 members (excludes halogenated alkanes) is 1. The van der Waals surface area contributed by atoms with Crippen molar-refractivity contribution in [3.63, 3.8) is 0 Å². The molecule has 0 aliphatic rings. The molecule has 0 N–H and O–H groups in total.